The number of anilines is 1. The lowest BCUT2D eigenvalue weighted by Crippen LogP contribution is -2.50. The van der Waals surface area contributed by atoms with E-state index < -0.39 is 12.0 Å². The quantitative estimate of drug-likeness (QED) is 0.899. The van der Waals surface area contributed by atoms with E-state index in [0.29, 0.717) is 18.9 Å². The van der Waals surface area contributed by atoms with Gasteiger partial charge in [0.15, 0.2) is 6.04 Å². The smallest absolute Gasteiger partial charge is 0.328 e. The third-order valence-electron chi connectivity index (χ3n) is 2.95. The van der Waals surface area contributed by atoms with Crippen molar-refractivity contribution >= 4 is 11.7 Å². The summed E-state index contributed by atoms with van der Waals surface area (Å²) >= 11 is 0. The Morgan fingerprint density at radius 2 is 2.21 bits per heavy atom. The van der Waals surface area contributed by atoms with Crippen LogP contribution in [0.2, 0.25) is 0 Å². The number of morpholine rings is 1. The van der Waals surface area contributed by atoms with Crippen LogP contribution in [0.5, 0.6) is 5.75 Å². The Labute approximate surface area is 112 Å². The largest absolute Gasteiger partial charge is 0.489 e. The van der Waals surface area contributed by atoms with Crippen molar-refractivity contribution < 1.29 is 19.4 Å². The molecule has 0 radical (unpaired) electrons. The molecule has 0 saturated carbocycles. The van der Waals surface area contributed by atoms with Gasteiger partial charge in [-0.25, -0.2) is 4.79 Å². The maximum atomic E-state index is 11.3. The van der Waals surface area contributed by atoms with Gasteiger partial charge in [-0.3, -0.25) is 0 Å². The molecule has 1 unspecified atom stereocenters. The maximum absolute atomic E-state index is 11.3. The molecule has 1 aromatic carbocycles. The summed E-state index contributed by atoms with van der Waals surface area (Å²) in [7, 11) is 0. The van der Waals surface area contributed by atoms with Crippen LogP contribution in [0.25, 0.3) is 0 Å². The lowest BCUT2D eigenvalue weighted by Gasteiger charge is -2.35. The number of para-hydroxylation sites is 2. The Morgan fingerprint density at radius 1 is 1.47 bits per heavy atom. The zero-order valence-corrected chi connectivity index (χ0v) is 11.2. The fraction of sp³-hybridized carbons (Fsp3) is 0.500. The van der Waals surface area contributed by atoms with Gasteiger partial charge in [-0.1, -0.05) is 12.1 Å². The molecule has 1 saturated heterocycles. The number of carboxylic acids is 1. The molecular weight excluding hydrogens is 246 g/mol. The third-order valence-corrected chi connectivity index (χ3v) is 2.95. The van der Waals surface area contributed by atoms with Crippen LogP contribution in [0, 0.1) is 0 Å². The standard InChI is InChI=1S/C14H19NO4/c1-10(2)19-13-6-4-3-5-11(13)15-7-8-18-9-12(15)14(16)17/h3-6,10,12H,7-9H2,1-2H3,(H,16,17). The van der Waals surface area contributed by atoms with Crippen LogP contribution < -0.4 is 9.64 Å². The molecule has 0 spiro atoms. The van der Waals surface area contributed by atoms with Crippen molar-refractivity contribution in [3.05, 3.63) is 24.3 Å². The summed E-state index contributed by atoms with van der Waals surface area (Å²) < 4.78 is 11.0. The number of aliphatic carboxylic acids is 1. The fourth-order valence-corrected chi connectivity index (χ4v) is 2.14. The summed E-state index contributed by atoms with van der Waals surface area (Å²) in [6, 6.07) is 6.86. The number of rotatable bonds is 4. The number of carbonyl (C=O) groups is 1. The second-order valence-electron chi connectivity index (χ2n) is 4.76. The van der Waals surface area contributed by atoms with Crippen LogP contribution in [-0.2, 0) is 9.53 Å². The van der Waals surface area contributed by atoms with Crippen LogP contribution in [0.4, 0.5) is 5.69 Å². The van der Waals surface area contributed by atoms with Gasteiger partial charge in [-0.05, 0) is 26.0 Å². The molecule has 19 heavy (non-hydrogen) atoms. The van der Waals surface area contributed by atoms with Gasteiger partial charge in [0.2, 0.25) is 0 Å². The van der Waals surface area contributed by atoms with E-state index >= 15 is 0 Å². The van der Waals surface area contributed by atoms with Gasteiger partial charge in [0.25, 0.3) is 0 Å². The third kappa shape index (κ3) is 3.17. The van der Waals surface area contributed by atoms with E-state index in [0.717, 1.165) is 5.69 Å². The number of hydrogen-bond donors (Lipinski definition) is 1. The van der Waals surface area contributed by atoms with E-state index in [4.69, 9.17) is 9.47 Å². The molecule has 1 N–H and O–H groups in total. The van der Waals surface area contributed by atoms with Crippen LogP contribution in [-0.4, -0.2) is 43.0 Å². The van der Waals surface area contributed by atoms with Crippen molar-refractivity contribution in [1.29, 1.82) is 0 Å². The Morgan fingerprint density at radius 3 is 2.89 bits per heavy atom. The van der Waals surface area contributed by atoms with E-state index in [-0.39, 0.29) is 12.7 Å². The summed E-state index contributed by atoms with van der Waals surface area (Å²) in [5.41, 5.74) is 0.812. The molecule has 1 aliphatic rings. The van der Waals surface area contributed by atoms with E-state index in [1.54, 1.807) is 0 Å². The summed E-state index contributed by atoms with van der Waals surface area (Å²) in [6.07, 6.45) is 0.0467. The van der Waals surface area contributed by atoms with Crippen LogP contribution in [0.15, 0.2) is 24.3 Å². The molecule has 0 aromatic heterocycles. The fourth-order valence-electron chi connectivity index (χ4n) is 2.14. The number of hydrogen-bond acceptors (Lipinski definition) is 4. The van der Waals surface area contributed by atoms with Gasteiger partial charge in [0, 0.05) is 6.54 Å². The Kier molecular flexibility index (Phi) is 4.27. The number of ether oxygens (including phenoxy) is 2. The molecule has 2 rings (SSSR count). The monoisotopic (exact) mass is 265 g/mol. The minimum atomic E-state index is -0.876. The predicted molar refractivity (Wildman–Crippen MR) is 71.8 cm³/mol. The molecule has 1 heterocycles. The van der Waals surface area contributed by atoms with Crippen molar-refractivity contribution in [2.45, 2.75) is 26.0 Å². The summed E-state index contributed by atoms with van der Waals surface area (Å²) in [5.74, 6) is -0.162. The van der Waals surface area contributed by atoms with Gasteiger partial charge in [-0.2, -0.15) is 0 Å². The van der Waals surface area contributed by atoms with Gasteiger partial charge < -0.3 is 19.5 Å². The zero-order valence-electron chi connectivity index (χ0n) is 11.2. The van der Waals surface area contributed by atoms with Crippen molar-refractivity contribution in [2.24, 2.45) is 0 Å². The average Bonchev–Trinajstić information content (AvgIpc) is 2.38. The molecule has 1 atom stereocenters. The molecule has 0 amide bonds. The van der Waals surface area contributed by atoms with Gasteiger partial charge >= 0.3 is 5.97 Å². The molecule has 0 aliphatic carbocycles. The highest BCUT2D eigenvalue weighted by molar-refractivity contribution is 5.79. The van der Waals surface area contributed by atoms with Gasteiger partial charge in [-0.15, -0.1) is 0 Å². The summed E-state index contributed by atoms with van der Waals surface area (Å²) in [4.78, 5) is 13.1. The topological polar surface area (TPSA) is 59.0 Å². The lowest BCUT2D eigenvalue weighted by molar-refractivity contribution is -0.141. The molecule has 0 bridgehead atoms. The average molecular weight is 265 g/mol. The Balaban J connectivity index is 2.30. The number of benzene rings is 1. The minimum Gasteiger partial charge on any atom is -0.489 e. The van der Waals surface area contributed by atoms with Crippen molar-refractivity contribution in [3.8, 4) is 5.75 Å². The molecule has 104 valence electrons. The Hall–Kier alpha value is -1.75. The van der Waals surface area contributed by atoms with Gasteiger partial charge in [0.1, 0.15) is 5.75 Å². The first kappa shape index (κ1) is 13.7. The summed E-state index contributed by atoms with van der Waals surface area (Å²) in [6.45, 7) is 5.18. The normalized spacial score (nSPS) is 19.5. The molecule has 1 aliphatic heterocycles. The summed E-state index contributed by atoms with van der Waals surface area (Å²) in [5, 5.41) is 9.28. The van der Waals surface area contributed by atoms with Crippen LogP contribution in [0.3, 0.4) is 0 Å². The Bertz CT molecular complexity index is 447. The predicted octanol–water partition coefficient (Wildman–Crippen LogP) is 1.76. The highest BCUT2D eigenvalue weighted by atomic mass is 16.5. The highest BCUT2D eigenvalue weighted by Crippen LogP contribution is 2.31. The number of nitrogens with zero attached hydrogens (tertiary/aromatic N) is 1. The first-order chi connectivity index (χ1) is 9.09. The van der Waals surface area contributed by atoms with E-state index in [9.17, 15) is 9.90 Å². The second kappa shape index (κ2) is 5.93. The lowest BCUT2D eigenvalue weighted by atomic mass is 10.1. The van der Waals surface area contributed by atoms with E-state index in [1.807, 2.05) is 43.0 Å². The zero-order chi connectivity index (χ0) is 13.8. The molecular formula is C14H19NO4. The molecule has 5 nitrogen and oxygen atoms in total. The van der Waals surface area contributed by atoms with E-state index in [2.05, 4.69) is 0 Å². The van der Waals surface area contributed by atoms with Crippen molar-refractivity contribution in [2.75, 3.05) is 24.7 Å². The maximum Gasteiger partial charge on any atom is 0.328 e. The van der Waals surface area contributed by atoms with Crippen molar-refractivity contribution in [3.63, 3.8) is 0 Å². The molecule has 1 fully saturated rings. The van der Waals surface area contributed by atoms with Gasteiger partial charge in [0.05, 0.1) is 25.0 Å². The highest BCUT2D eigenvalue weighted by Gasteiger charge is 2.31. The van der Waals surface area contributed by atoms with Crippen LogP contribution in [0.1, 0.15) is 13.8 Å². The van der Waals surface area contributed by atoms with E-state index in [1.165, 1.54) is 0 Å². The number of carboxylic acid groups (broad SMARTS) is 1. The van der Waals surface area contributed by atoms with Crippen molar-refractivity contribution in [1.82, 2.24) is 0 Å². The molecule has 1 aromatic rings. The van der Waals surface area contributed by atoms with Crippen LogP contribution >= 0.6 is 0 Å². The first-order valence-electron chi connectivity index (χ1n) is 6.42. The minimum absolute atomic E-state index is 0.0467. The first-order valence-corrected chi connectivity index (χ1v) is 6.42. The second-order valence-corrected chi connectivity index (χ2v) is 4.76. The SMILES string of the molecule is CC(C)Oc1ccccc1N1CCOCC1C(=O)O. The molecule has 5 heteroatoms.